The van der Waals surface area contributed by atoms with E-state index in [1.165, 1.54) is 16.1 Å². The lowest BCUT2D eigenvalue weighted by atomic mass is 9.96. The standard InChI is InChI=1S/C20H23N3O3S/c1-15-4-5-16-8-12-23(19(16)13-15)20(24)17-6-10-22(11-7-17)27(25,26)18-3-2-9-21-14-18/h2-5,9,13-14,17H,6-8,10-12H2,1H3. The zero-order valence-electron chi connectivity index (χ0n) is 15.3. The first-order valence-corrected chi connectivity index (χ1v) is 10.7. The van der Waals surface area contributed by atoms with Gasteiger partial charge in [0.15, 0.2) is 0 Å². The van der Waals surface area contributed by atoms with E-state index >= 15 is 0 Å². The van der Waals surface area contributed by atoms with Crippen molar-refractivity contribution in [2.45, 2.75) is 31.1 Å². The number of amides is 1. The Labute approximate surface area is 159 Å². The first-order chi connectivity index (χ1) is 13.0. The number of aryl methyl sites for hydroxylation is 1. The number of benzene rings is 1. The van der Waals surface area contributed by atoms with Crippen LogP contribution in [0.15, 0.2) is 47.6 Å². The predicted octanol–water partition coefficient (Wildman–Crippen LogP) is 2.38. The number of hydrogen-bond acceptors (Lipinski definition) is 4. The molecule has 0 spiro atoms. The normalized spacial score (nSPS) is 18.5. The second-order valence-corrected chi connectivity index (χ2v) is 9.18. The monoisotopic (exact) mass is 385 g/mol. The summed E-state index contributed by atoms with van der Waals surface area (Å²) in [5.41, 5.74) is 3.38. The number of rotatable bonds is 3. The number of nitrogens with zero attached hydrogens (tertiary/aromatic N) is 3. The molecule has 1 amide bonds. The molecule has 0 N–H and O–H groups in total. The quantitative estimate of drug-likeness (QED) is 0.813. The van der Waals surface area contributed by atoms with Gasteiger partial charge in [0, 0.05) is 43.6 Å². The maximum Gasteiger partial charge on any atom is 0.244 e. The molecule has 0 aliphatic carbocycles. The van der Waals surface area contributed by atoms with E-state index in [0.717, 1.165) is 17.7 Å². The van der Waals surface area contributed by atoms with E-state index in [1.54, 1.807) is 18.3 Å². The van der Waals surface area contributed by atoms with Crippen LogP contribution >= 0.6 is 0 Å². The number of carbonyl (C=O) groups is 1. The second kappa shape index (κ2) is 7.05. The molecule has 2 aliphatic rings. The maximum atomic E-state index is 13.0. The molecule has 2 aromatic rings. The predicted molar refractivity (Wildman–Crippen MR) is 103 cm³/mol. The van der Waals surface area contributed by atoms with E-state index < -0.39 is 10.0 Å². The molecule has 0 bridgehead atoms. The Hall–Kier alpha value is -2.25. The van der Waals surface area contributed by atoms with Gasteiger partial charge in [0.1, 0.15) is 4.90 Å². The highest BCUT2D eigenvalue weighted by Gasteiger charge is 2.35. The first kappa shape index (κ1) is 18.1. The third kappa shape index (κ3) is 3.37. The summed E-state index contributed by atoms with van der Waals surface area (Å²) in [4.78, 5) is 19.0. The molecule has 6 nitrogen and oxygen atoms in total. The smallest absolute Gasteiger partial charge is 0.244 e. The molecule has 0 atom stereocenters. The van der Waals surface area contributed by atoms with E-state index in [-0.39, 0.29) is 16.7 Å². The van der Waals surface area contributed by atoms with Crippen LogP contribution in [0.25, 0.3) is 0 Å². The number of carbonyl (C=O) groups excluding carboxylic acids is 1. The minimum Gasteiger partial charge on any atom is -0.312 e. The minimum absolute atomic E-state index is 0.123. The van der Waals surface area contributed by atoms with Crippen LogP contribution in [-0.4, -0.2) is 43.2 Å². The Morgan fingerprint density at radius 3 is 2.63 bits per heavy atom. The van der Waals surface area contributed by atoms with Gasteiger partial charge in [-0.1, -0.05) is 12.1 Å². The summed E-state index contributed by atoms with van der Waals surface area (Å²) in [5.74, 6) is -0.00501. The van der Waals surface area contributed by atoms with Gasteiger partial charge in [0.05, 0.1) is 0 Å². The Kier molecular flexibility index (Phi) is 4.74. The van der Waals surface area contributed by atoms with Crippen LogP contribution in [0.3, 0.4) is 0 Å². The van der Waals surface area contributed by atoms with Crippen LogP contribution in [0.5, 0.6) is 0 Å². The molecule has 2 aliphatic heterocycles. The molecule has 0 radical (unpaired) electrons. The minimum atomic E-state index is -3.54. The number of piperidine rings is 1. The van der Waals surface area contributed by atoms with E-state index in [0.29, 0.717) is 32.5 Å². The summed E-state index contributed by atoms with van der Waals surface area (Å²) < 4.78 is 26.9. The van der Waals surface area contributed by atoms with Gasteiger partial charge in [-0.15, -0.1) is 0 Å². The van der Waals surface area contributed by atoms with Crippen molar-refractivity contribution in [3.8, 4) is 0 Å². The Morgan fingerprint density at radius 2 is 1.93 bits per heavy atom. The number of hydrogen-bond donors (Lipinski definition) is 0. The zero-order valence-corrected chi connectivity index (χ0v) is 16.2. The van der Waals surface area contributed by atoms with Gasteiger partial charge in [-0.25, -0.2) is 8.42 Å². The zero-order chi connectivity index (χ0) is 19.0. The number of pyridine rings is 1. The van der Waals surface area contributed by atoms with E-state index in [9.17, 15) is 13.2 Å². The molecule has 0 saturated carbocycles. The first-order valence-electron chi connectivity index (χ1n) is 9.28. The van der Waals surface area contributed by atoms with Crippen LogP contribution in [0.2, 0.25) is 0 Å². The molecule has 3 heterocycles. The number of aromatic nitrogens is 1. The summed E-state index contributed by atoms with van der Waals surface area (Å²) in [7, 11) is -3.54. The summed E-state index contributed by atoms with van der Waals surface area (Å²) in [6.45, 7) is 3.47. The van der Waals surface area contributed by atoms with Crippen molar-refractivity contribution in [1.29, 1.82) is 0 Å². The van der Waals surface area contributed by atoms with Gasteiger partial charge >= 0.3 is 0 Å². The largest absolute Gasteiger partial charge is 0.312 e. The van der Waals surface area contributed by atoms with Gasteiger partial charge < -0.3 is 4.90 Å². The number of fused-ring (bicyclic) bond motifs is 1. The van der Waals surface area contributed by atoms with Gasteiger partial charge in [0.2, 0.25) is 15.9 Å². The van der Waals surface area contributed by atoms with Gasteiger partial charge in [-0.3, -0.25) is 9.78 Å². The molecule has 0 unspecified atom stereocenters. The van der Waals surface area contributed by atoms with E-state index in [1.807, 2.05) is 11.8 Å². The summed E-state index contributed by atoms with van der Waals surface area (Å²) in [6.07, 6.45) is 4.91. The highest BCUT2D eigenvalue weighted by Crippen LogP contribution is 2.32. The Bertz CT molecular complexity index is 952. The van der Waals surface area contributed by atoms with Crippen molar-refractivity contribution in [2.75, 3.05) is 24.5 Å². The molecule has 1 fully saturated rings. The second-order valence-electron chi connectivity index (χ2n) is 7.24. The van der Waals surface area contributed by atoms with Crippen LogP contribution < -0.4 is 4.90 Å². The number of sulfonamides is 1. The Morgan fingerprint density at radius 1 is 1.15 bits per heavy atom. The maximum absolute atomic E-state index is 13.0. The van der Waals surface area contributed by atoms with Crippen molar-refractivity contribution in [3.63, 3.8) is 0 Å². The lowest BCUT2D eigenvalue weighted by Crippen LogP contribution is -2.44. The van der Waals surface area contributed by atoms with Crippen molar-refractivity contribution in [3.05, 3.63) is 53.9 Å². The molecule has 1 saturated heterocycles. The fraction of sp³-hybridized carbons (Fsp3) is 0.400. The molecule has 142 valence electrons. The van der Waals surface area contributed by atoms with Gasteiger partial charge in [-0.05, 0) is 55.5 Å². The molecular formula is C20H23N3O3S. The topological polar surface area (TPSA) is 70.6 Å². The fourth-order valence-electron chi connectivity index (χ4n) is 3.93. The van der Waals surface area contributed by atoms with Crippen LogP contribution in [0.4, 0.5) is 5.69 Å². The highest BCUT2D eigenvalue weighted by atomic mass is 32.2. The van der Waals surface area contributed by atoms with Crippen molar-refractivity contribution in [1.82, 2.24) is 9.29 Å². The lowest BCUT2D eigenvalue weighted by Gasteiger charge is -2.32. The van der Waals surface area contributed by atoms with Crippen LogP contribution in [-0.2, 0) is 21.2 Å². The van der Waals surface area contributed by atoms with Crippen molar-refractivity contribution in [2.24, 2.45) is 5.92 Å². The van der Waals surface area contributed by atoms with Gasteiger partial charge in [0.25, 0.3) is 0 Å². The molecule has 27 heavy (non-hydrogen) atoms. The summed E-state index contributed by atoms with van der Waals surface area (Å²) in [5, 5.41) is 0. The molecule has 4 rings (SSSR count). The van der Waals surface area contributed by atoms with Crippen LogP contribution in [0, 0.1) is 12.8 Å². The van der Waals surface area contributed by atoms with E-state index in [4.69, 9.17) is 0 Å². The van der Waals surface area contributed by atoms with E-state index in [2.05, 4.69) is 23.2 Å². The molecule has 7 heteroatoms. The average Bonchev–Trinajstić information content (AvgIpc) is 3.11. The summed E-state index contributed by atoms with van der Waals surface area (Å²) in [6, 6.07) is 9.43. The molecule has 1 aromatic carbocycles. The van der Waals surface area contributed by atoms with Gasteiger partial charge in [-0.2, -0.15) is 4.31 Å². The van der Waals surface area contributed by atoms with Crippen LogP contribution in [0.1, 0.15) is 24.0 Å². The third-order valence-corrected chi connectivity index (χ3v) is 7.36. The fourth-order valence-corrected chi connectivity index (χ4v) is 5.36. The summed E-state index contributed by atoms with van der Waals surface area (Å²) >= 11 is 0. The lowest BCUT2D eigenvalue weighted by molar-refractivity contribution is -0.123. The Balaban J connectivity index is 1.45. The third-order valence-electron chi connectivity index (χ3n) is 5.48. The highest BCUT2D eigenvalue weighted by molar-refractivity contribution is 7.89. The number of anilines is 1. The molecule has 1 aromatic heterocycles. The van der Waals surface area contributed by atoms with Crippen molar-refractivity contribution < 1.29 is 13.2 Å². The molecular weight excluding hydrogens is 362 g/mol. The SMILES string of the molecule is Cc1ccc2c(c1)N(C(=O)C1CCN(S(=O)(=O)c3cccnc3)CC1)CC2. The average molecular weight is 385 g/mol. The van der Waals surface area contributed by atoms with Crippen molar-refractivity contribution >= 4 is 21.6 Å².